The number of carboxylic acids is 1. The van der Waals surface area contributed by atoms with E-state index in [4.69, 9.17) is 28.8 Å². The zero-order chi connectivity index (χ0) is 64.6. The van der Waals surface area contributed by atoms with Gasteiger partial charge in [0.15, 0.2) is 5.96 Å². The van der Waals surface area contributed by atoms with Crippen molar-refractivity contribution < 1.29 is 63.6 Å². The maximum absolute atomic E-state index is 14.5. The molecule has 87 heavy (non-hydrogen) atoms. The van der Waals surface area contributed by atoms with Gasteiger partial charge < -0.3 is 75.3 Å². The van der Waals surface area contributed by atoms with Gasteiger partial charge in [-0.15, -0.1) is 0 Å². The first-order valence-electron chi connectivity index (χ1n) is 29.1. The standard InChI is InChI=1S/C59H91N15O13/c1-34(2)28-46(72-64)51(79)52(80)47(29-36-17-21-40(77)22-18-36)74-73-45(35(3)76)31-38-12-5-6-13-39(38)32-48(65-4)56(84)68-42(14-7-9-25-60)53(81)67-43(15-8-10-26-61)54(82)70-49(30-37-19-23-41(78)24-20-37)57(85)69-44(16-11-27-66-59(62)63)55(83)71-50(33-75)58(86)87/h5-6,12-13,17-24,34,42-50,65,72-75,77-78H,7-11,14-16,25-33,60-61,64H2,1-4H3,(H,67,81)(H,68,84)(H,69,85)(H,70,82)(H,71,83)(H,86,87)(H4,62,63,66)/t42?,43-,44-,45?,46-,47-,48?,49?,50?/m0/s1. The Morgan fingerprint density at radius 3 is 1.33 bits per heavy atom. The number of likely N-dealkylation sites (N-methyl/N-ethyl adjacent to an activating group) is 1. The number of hydrogen-bond donors (Lipinski definition) is 18. The van der Waals surface area contributed by atoms with Crippen LogP contribution in [0, 0.1) is 5.92 Å². The molecular weight excluding hydrogens is 1130 g/mol. The quantitative estimate of drug-likeness (QED) is 0.00696. The number of aliphatic hydroxyl groups excluding tert-OH is 1. The zero-order valence-corrected chi connectivity index (χ0v) is 50.0. The van der Waals surface area contributed by atoms with Crippen molar-refractivity contribution in [1.82, 2.24) is 48.2 Å². The highest BCUT2D eigenvalue weighted by Gasteiger charge is 2.35. The molecule has 5 unspecified atom stereocenters. The summed E-state index contributed by atoms with van der Waals surface area (Å²) in [7, 11) is 1.56. The molecular formula is C59H91N15O13. The molecule has 0 aliphatic carbocycles. The van der Waals surface area contributed by atoms with Crippen LogP contribution in [0.1, 0.15) is 101 Å². The third kappa shape index (κ3) is 26.3. The number of aromatic hydroxyl groups is 2. The van der Waals surface area contributed by atoms with Crippen molar-refractivity contribution in [3.63, 3.8) is 0 Å². The Morgan fingerprint density at radius 1 is 0.517 bits per heavy atom. The van der Waals surface area contributed by atoms with Gasteiger partial charge in [-0.25, -0.2) is 21.1 Å². The summed E-state index contributed by atoms with van der Waals surface area (Å²) in [5.74, 6) is -2.00. The molecule has 23 N–H and O–H groups in total. The summed E-state index contributed by atoms with van der Waals surface area (Å²) in [4.78, 5) is 128. The average molecular weight is 1220 g/mol. The molecule has 0 aromatic heterocycles. The lowest BCUT2D eigenvalue weighted by molar-refractivity contribution is -0.143. The molecule has 5 amide bonds. The van der Waals surface area contributed by atoms with Crippen molar-refractivity contribution in [1.29, 1.82) is 0 Å². The summed E-state index contributed by atoms with van der Waals surface area (Å²) < 4.78 is 0. The fourth-order valence-electron chi connectivity index (χ4n) is 9.28. The molecule has 28 nitrogen and oxygen atoms in total. The van der Waals surface area contributed by atoms with Crippen LogP contribution in [0.5, 0.6) is 11.5 Å². The second kappa shape index (κ2) is 39.0. The Bertz CT molecular complexity index is 2730. The predicted octanol–water partition coefficient (Wildman–Crippen LogP) is -2.49. The number of carbonyl (C=O) groups is 9. The summed E-state index contributed by atoms with van der Waals surface area (Å²) >= 11 is 0. The number of amides is 5. The smallest absolute Gasteiger partial charge is 0.328 e. The van der Waals surface area contributed by atoms with Crippen LogP contribution in [0.15, 0.2) is 77.8 Å². The number of nitrogens with two attached hydrogens (primary N) is 5. The van der Waals surface area contributed by atoms with Gasteiger partial charge in [0, 0.05) is 13.0 Å². The summed E-state index contributed by atoms with van der Waals surface area (Å²) in [6, 6.07) is 7.74. The maximum atomic E-state index is 14.5. The van der Waals surface area contributed by atoms with Crippen LogP contribution < -0.4 is 77.0 Å². The third-order valence-corrected chi connectivity index (χ3v) is 14.3. The van der Waals surface area contributed by atoms with E-state index in [9.17, 15) is 63.6 Å². The van der Waals surface area contributed by atoms with Crippen LogP contribution in [-0.2, 0) is 68.8 Å². The van der Waals surface area contributed by atoms with E-state index >= 15 is 0 Å². The second-order valence-electron chi connectivity index (χ2n) is 21.7. The number of phenolic OH excluding ortho intramolecular Hbond substituents is 2. The molecule has 3 aromatic carbocycles. The number of unbranched alkanes of at least 4 members (excludes halogenated alkanes) is 2. The first kappa shape index (κ1) is 73.3. The molecule has 480 valence electrons. The number of phenols is 2. The van der Waals surface area contributed by atoms with E-state index in [-0.39, 0.29) is 100 Å². The highest BCUT2D eigenvalue weighted by atomic mass is 16.4. The number of carbonyl (C=O) groups excluding carboxylic acids is 8. The summed E-state index contributed by atoms with van der Waals surface area (Å²) in [5.41, 5.74) is 33.3. The molecule has 0 radical (unpaired) electrons. The minimum Gasteiger partial charge on any atom is -0.508 e. The van der Waals surface area contributed by atoms with Crippen LogP contribution in [0.4, 0.5) is 0 Å². The lowest BCUT2D eigenvalue weighted by atomic mass is 9.93. The van der Waals surface area contributed by atoms with Crippen LogP contribution in [-0.4, -0.2) is 167 Å². The number of aliphatic hydroxyl groups is 1. The van der Waals surface area contributed by atoms with Gasteiger partial charge in [-0.1, -0.05) is 62.4 Å². The van der Waals surface area contributed by atoms with Gasteiger partial charge in [-0.2, -0.15) is 0 Å². The van der Waals surface area contributed by atoms with Crippen molar-refractivity contribution in [2.45, 2.75) is 159 Å². The fourth-order valence-corrected chi connectivity index (χ4v) is 9.28. The van der Waals surface area contributed by atoms with Crippen molar-refractivity contribution in [3.8, 4) is 11.5 Å². The number of aliphatic imine (C=N–C) groups is 1. The Labute approximate surface area is 507 Å². The van der Waals surface area contributed by atoms with E-state index in [1.807, 2.05) is 13.8 Å². The Balaban J connectivity index is 1.92. The molecule has 3 aromatic rings. The number of aliphatic carboxylic acids is 1. The van der Waals surface area contributed by atoms with Gasteiger partial charge in [0.2, 0.25) is 41.1 Å². The van der Waals surface area contributed by atoms with Gasteiger partial charge in [0.1, 0.15) is 47.5 Å². The Hall–Kier alpha value is -7.96. The van der Waals surface area contributed by atoms with E-state index in [1.165, 1.54) is 43.3 Å². The largest absolute Gasteiger partial charge is 0.508 e. The molecule has 0 saturated heterocycles. The van der Waals surface area contributed by atoms with Gasteiger partial charge in [-0.3, -0.25) is 49.2 Å². The first-order valence-corrected chi connectivity index (χ1v) is 29.1. The molecule has 0 heterocycles. The Morgan fingerprint density at radius 2 is 0.920 bits per heavy atom. The normalized spacial score (nSPS) is 14.4. The SMILES string of the molecule is CNC(Cc1ccccc1CC(NN[C@@H](Cc1ccc(O)cc1)C(=O)C(=O)[C@H](CC(C)C)NN)C(C)=O)C(=O)NC(CCCCN)C(=O)N[C@@H](CCCCN)C(=O)NC(Cc1ccc(O)cc1)C(=O)N[C@@H](CCCN=C(N)N)C(=O)NC(CO)C(=O)O. The lowest BCUT2D eigenvalue weighted by Gasteiger charge is -2.28. The van der Waals surface area contributed by atoms with Crippen molar-refractivity contribution >= 4 is 58.8 Å². The highest BCUT2D eigenvalue weighted by Crippen LogP contribution is 2.18. The lowest BCUT2D eigenvalue weighted by Crippen LogP contribution is -2.60. The maximum Gasteiger partial charge on any atom is 0.328 e. The number of hydrazine groups is 2. The molecule has 0 bridgehead atoms. The molecule has 0 aliphatic heterocycles. The van der Waals surface area contributed by atoms with Gasteiger partial charge in [0.25, 0.3) is 0 Å². The number of benzene rings is 3. The minimum absolute atomic E-state index is 0.00413. The topological polar surface area (TPSA) is 485 Å². The van der Waals surface area contributed by atoms with Gasteiger partial charge in [0.05, 0.1) is 30.8 Å². The van der Waals surface area contributed by atoms with Crippen LogP contribution in [0.2, 0.25) is 0 Å². The summed E-state index contributed by atoms with van der Waals surface area (Å²) in [5, 5.41) is 55.2. The Kier molecular flexibility index (Phi) is 32.8. The minimum atomic E-state index is -1.72. The van der Waals surface area contributed by atoms with Crippen molar-refractivity contribution in [2.24, 2.45) is 39.7 Å². The number of Topliss-reactive ketones (excluding diaryl/α,β-unsaturated/α-hetero) is 3. The molecule has 9 atom stereocenters. The molecule has 3 rings (SSSR count). The molecule has 0 aliphatic rings. The average Bonchev–Trinajstić information content (AvgIpc) is 3.66. The van der Waals surface area contributed by atoms with E-state index in [0.29, 0.717) is 54.4 Å². The fraction of sp³-hybridized carbons (Fsp3) is 0.525. The van der Waals surface area contributed by atoms with Crippen LogP contribution in [0.25, 0.3) is 0 Å². The number of ketones is 3. The van der Waals surface area contributed by atoms with E-state index in [0.717, 1.165) is 0 Å². The predicted molar refractivity (Wildman–Crippen MR) is 326 cm³/mol. The summed E-state index contributed by atoms with van der Waals surface area (Å²) in [6.45, 7) is 4.71. The first-order chi connectivity index (χ1) is 41.4. The van der Waals surface area contributed by atoms with Gasteiger partial charge >= 0.3 is 5.97 Å². The van der Waals surface area contributed by atoms with Crippen molar-refractivity contribution in [3.05, 3.63) is 95.1 Å². The highest BCUT2D eigenvalue weighted by molar-refractivity contribution is 6.41. The zero-order valence-electron chi connectivity index (χ0n) is 50.0. The van der Waals surface area contributed by atoms with Crippen LogP contribution >= 0.6 is 0 Å². The monoisotopic (exact) mass is 1220 g/mol. The number of nitrogens with one attached hydrogen (secondary N) is 9. The van der Waals surface area contributed by atoms with Crippen molar-refractivity contribution in [2.75, 3.05) is 33.3 Å². The third-order valence-electron chi connectivity index (χ3n) is 14.3. The number of rotatable bonds is 43. The second-order valence-corrected chi connectivity index (χ2v) is 21.7. The molecule has 0 fully saturated rings. The number of carboxylic acid groups (broad SMARTS) is 1. The number of hydrogen-bond acceptors (Lipinski definition) is 20. The summed E-state index contributed by atoms with van der Waals surface area (Å²) in [6.07, 6.45) is 1.98. The van der Waals surface area contributed by atoms with E-state index in [1.54, 1.807) is 43.4 Å². The van der Waals surface area contributed by atoms with E-state index < -0.39 is 108 Å². The van der Waals surface area contributed by atoms with Crippen LogP contribution in [0.3, 0.4) is 0 Å². The number of nitrogens with zero attached hydrogens (tertiary/aromatic N) is 1. The van der Waals surface area contributed by atoms with E-state index in [2.05, 4.69) is 53.2 Å². The molecule has 28 heteroatoms. The molecule has 0 spiro atoms. The van der Waals surface area contributed by atoms with Gasteiger partial charge in [-0.05, 0) is 157 Å². The number of guanidine groups is 1. The molecule has 0 saturated carbocycles.